The monoisotopic (exact) mass is 226 g/mol. The highest BCUT2D eigenvalue weighted by molar-refractivity contribution is 5.33. The average molecular weight is 226 g/mol. The topological polar surface area (TPSA) is 52.0 Å². The second-order valence-corrected chi connectivity index (χ2v) is 4.23. The molecule has 0 aromatic heterocycles. The van der Waals surface area contributed by atoms with Crippen molar-refractivity contribution in [3.8, 4) is 0 Å². The summed E-state index contributed by atoms with van der Waals surface area (Å²) >= 11 is 0. The lowest BCUT2D eigenvalue weighted by atomic mass is 10.00. The molecule has 2 rings (SSSR count). The van der Waals surface area contributed by atoms with Crippen LogP contribution in [0.5, 0.6) is 0 Å². The van der Waals surface area contributed by atoms with Crippen molar-refractivity contribution in [2.75, 3.05) is 0 Å². The first-order valence-electron chi connectivity index (χ1n) is 5.87. The third kappa shape index (κ3) is 3.16. The summed E-state index contributed by atoms with van der Waals surface area (Å²) in [6.07, 6.45) is 0.932. The predicted molar refractivity (Wildman–Crippen MR) is 71.5 cm³/mol. The van der Waals surface area contributed by atoms with Crippen LogP contribution in [-0.4, -0.2) is 0 Å². The molecule has 0 radical (unpaired) electrons. The van der Waals surface area contributed by atoms with Crippen LogP contribution in [0.3, 0.4) is 0 Å². The van der Waals surface area contributed by atoms with E-state index in [-0.39, 0.29) is 0 Å². The van der Waals surface area contributed by atoms with Crippen molar-refractivity contribution in [1.82, 2.24) is 0 Å². The maximum atomic E-state index is 5.69. The van der Waals surface area contributed by atoms with Crippen LogP contribution in [0.4, 0.5) is 0 Å². The molecule has 0 heterocycles. The molecule has 0 fully saturated rings. The molecule has 2 aromatic rings. The maximum Gasteiger partial charge on any atom is 0.0178 e. The highest BCUT2D eigenvalue weighted by Gasteiger charge is 2.00. The van der Waals surface area contributed by atoms with Gasteiger partial charge in [0, 0.05) is 13.1 Å². The molecule has 2 nitrogen and oxygen atoms in total. The number of rotatable bonds is 4. The van der Waals surface area contributed by atoms with E-state index < -0.39 is 0 Å². The van der Waals surface area contributed by atoms with Crippen molar-refractivity contribution in [1.29, 1.82) is 0 Å². The van der Waals surface area contributed by atoms with Crippen LogP contribution in [-0.2, 0) is 19.5 Å². The van der Waals surface area contributed by atoms with Gasteiger partial charge in [0.1, 0.15) is 0 Å². The Labute approximate surface area is 102 Å². The zero-order valence-electron chi connectivity index (χ0n) is 9.89. The number of hydrogen-bond donors (Lipinski definition) is 2. The predicted octanol–water partition coefficient (Wildman–Crippen LogP) is 2.19. The molecule has 2 aromatic carbocycles. The molecule has 88 valence electrons. The Morgan fingerprint density at radius 2 is 1.18 bits per heavy atom. The first-order valence-corrected chi connectivity index (χ1v) is 5.87. The van der Waals surface area contributed by atoms with Crippen molar-refractivity contribution in [3.05, 3.63) is 70.8 Å². The Morgan fingerprint density at radius 1 is 0.647 bits per heavy atom. The van der Waals surface area contributed by atoms with E-state index in [0.29, 0.717) is 13.1 Å². The Morgan fingerprint density at radius 3 is 1.71 bits per heavy atom. The van der Waals surface area contributed by atoms with Crippen LogP contribution in [0.15, 0.2) is 48.5 Å². The lowest BCUT2D eigenvalue weighted by molar-refractivity contribution is 1.01. The summed E-state index contributed by atoms with van der Waals surface area (Å²) in [5, 5.41) is 0. The van der Waals surface area contributed by atoms with Crippen molar-refractivity contribution in [3.63, 3.8) is 0 Å². The standard InChI is InChI=1S/C15H18N2/c16-10-14-7-13(8-15(9-14)11-17)6-12-4-2-1-3-5-12/h1-5,7-9H,6,10-11,16-17H2. The Bertz CT molecular complexity index is 455. The fraction of sp³-hybridized carbons (Fsp3) is 0.200. The van der Waals surface area contributed by atoms with Gasteiger partial charge in [-0.15, -0.1) is 0 Å². The molecule has 0 spiro atoms. The van der Waals surface area contributed by atoms with E-state index in [2.05, 4.69) is 42.5 Å². The molecule has 17 heavy (non-hydrogen) atoms. The largest absolute Gasteiger partial charge is 0.326 e. The first kappa shape index (κ1) is 11.8. The van der Waals surface area contributed by atoms with Crippen molar-refractivity contribution in [2.24, 2.45) is 11.5 Å². The van der Waals surface area contributed by atoms with E-state index in [9.17, 15) is 0 Å². The Kier molecular flexibility index (Phi) is 3.91. The molecular weight excluding hydrogens is 208 g/mol. The molecule has 0 saturated carbocycles. The van der Waals surface area contributed by atoms with E-state index in [0.717, 1.165) is 17.5 Å². The minimum atomic E-state index is 0.565. The summed E-state index contributed by atoms with van der Waals surface area (Å²) in [5.41, 5.74) is 16.3. The van der Waals surface area contributed by atoms with Crippen LogP contribution >= 0.6 is 0 Å². The molecule has 0 amide bonds. The second-order valence-electron chi connectivity index (χ2n) is 4.23. The molecule has 0 saturated heterocycles. The van der Waals surface area contributed by atoms with Gasteiger partial charge < -0.3 is 11.5 Å². The first-order chi connectivity index (χ1) is 8.31. The molecule has 0 aliphatic rings. The smallest absolute Gasteiger partial charge is 0.0178 e. The van der Waals surface area contributed by atoms with E-state index in [1.54, 1.807) is 0 Å². The molecule has 0 aliphatic carbocycles. The van der Waals surface area contributed by atoms with Gasteiger partial charge in [-0.1, -0.05) is 48.5 Å². The quantitative estimate of drug-likeness (QED) is 0.839. The van der Waals surface area contributed by atoms with Crippen LogP contribution in [0.2, 0.25) is 0 Å². The van der Waals surface area contributed by atoms with Crippen LogP contribution < -0.4 is 11.5 Å². The minimum absolute atomic E-state index is 0.565. The summed E-state index contributed by atoms with van der Waals surface area (Å²) in [5.74, 6) is 0. The lowest BCUT2D eigenvalue weighted by Gasteiger charge is -2.07. The van der Waals surface area contributed by atoms with E-state index in [4.69, 9.17) is 11.5 Å². The fourth-order valence-corrected chi connectivity index (χ4v) is 2.01. The van der Waals surface area contributed by atoms with Crippen LogP contribution in [0, 0.1) is 0 Å². The molecule has 4 N–H and O–H groups in total. The van der Waals surface area contributed by atoms with Crippen molar-refractivity contribution < 1.29 is 0 Å². The van der Waals surface area contributed by atoms with Gasteiger partial charge in [-0.2, -0.15) is 0 Å². The average Bonchev–Trinajstić information content (AvgIpc) is 2.39. The Hall–Kier alpha value is -1.64. The van der Waals surface area contributed by atoms with Gasteiger partial charge >= 0.3 is 0 Å². The number of nitrogens with two attached hydrogens (primary N) is 2. The Balaban J connectivity index is 2.26. The lowest BCUT2D eigenvalue weighted by Crippen LogP contribution is -2.03. The summed E-state index contributed by atoms with van der Waals surface area (Å²) < 4.78 is 0. The fourth-order valence-electron chi connectivity index (χ4n) is 2.01. The molecule has 0 bridgehead atoms. The molecule has 0 unspecified atom stereocenters. The van der Waals surface area contributed by atoms with Gasteiger partial charge in [-0.05, 0) is 28.7 Å². The normalized spacial score (nSPS) is 10.5. The van der Waals surface area contributed by atoms with Crippen molar-refractivity contribution in [2.45, 2.75) is 19.5 Å². The van der Waals surface area contributed by atoms with Gasteiger partial charge in [-0.25, -0.2) is 0 Å². The zero-order chi connectivity index (χ0) is 12.1. The highest BCUT2D eigenvalue weighted by atomic mass is 14.5. The summed E-state index contributed by atoms with van der Waals surface area (Å²) in [6, 6.07) is 16.8. The highest BCUT2D eigenvalue weighted by Crippen LogP contribution is 2.14. The number of benzene rings is 2. The molecular formula is C15H18N2. The molecule has 2 heteroatoms. The molecule has 0 aliphatic heterocycles. The minimum Gasteiger partial charge on any atom is -0.326 e. The SMILES string of the molecule is NCc1cc(CN)cc(Cc2ccccc2)c1. The van der Waals surface area contributed by atoms with E-state index >= 15 is 0 Å². The van der Waals surface area contributed by atoms with Crippen LogP contribution in [0.1, 0.15) is 22.3 Å². The van der Waals surface area contributed by atoms with Crippen LogP contribution in [0.25, 0.3) is 0 Å². The second kappa shape index (κ2) is 5.62. The van der Waals surface area contributed by atoms with E-state index in [1.165, 1.54) is 11.1 Å². The van der Waals surface area contributed by atoms with Gasteiger partial charge in [-0.3, -0.25) is 0 Å². The van der Waals surface area contributed by atoms with Crippen molar-refractivity contribution >= 4 is 0 Å². The summed E-state index contributed by atoms with van der Waals surface area (Å²) in [4.78, 5) is 0. The number of hydrogen-bond acceptors (Lipinski definition) is 2. The van der Waals surface area contributed by atoms with Gasteiger partial charge in [0.25, 0.3) is 0 Å². The third-order valence-electron chi connectivity index (χ3n) is 2.83. The van der Waals surface area contributed by atoms with Gasteiger partial charge in [0.15, 0.2) is 0 Å². The summed E-state index contributed by atoms with van der Waals surface area (Å²) in [7, 11) is 0. The maximum absolute atomic E-state index is 5.69. The van der Waals surface area contributed by atoms with Gasteiger partial charge in [0.05, 0.1) is 0 Å². The van der Waals surface area contributed by atoms with E-state index in [1.807, 2.05) is 6.07 Å². The van der Waals surface area contributed by atoms with Gasteiger partial charge in [0.2, 0.25) is 0 Å². The zero-order valence-corrected chi connectivity index (χ0v) is 9.89. The molecule has 0 atom stereocenters. The third-order valence-corrected chi connectivity index (χ3v) is 2.83. The summed E-state index contributed by atoms with van der Waals surface area (Å²) in [6.45, 7) is 1.13.